The van der Waals surface area contributed by atoms with Crippen molar-refractivity contribution < 1.29 is 18.3 Å². The second-order valence-electron chi connectivity index (χ2n) is 3.96. The van der Waals surface area contributed by atoms with Crippen molar-refractivity contribution in [1.29, 1.82) is 0 Å². The van der Waals surface area contributed by atoms with E-state index in [1.165, 1.54) is 24.4 Å². The first-order valence-corrected chi connectivity index (χ1v) is 5.86. The SMILES string of the molecule is NC(=O)N/N=C\c1ccc(Oc2c(F)cccc2F)cc1. The van der Waals surface area contributed by atoms with Crippen molar-refractivity contribution in [2.75, 3.05) is 0 Å². The molecule has 0 atom stereocenters. The Hall–Kier alpha value is -2.96. The second kappa shape index (κ2) is 6.47. The molecule has 0 aliphatic rings. The number of primary amides is 1. The van der Waals surface area contributed by atoms with Crippen LogP contribution in [-0.4, -0.2) is 12.2 Å². The van der Waals surface area contributed by atoms with Crippen LogP contribution in [0.25, 0.3) is 0 Å². The van der Waals surface area contributed by atoms with E-state index >= 15 is 0 Å². The van der Waals surface area contributed by atoms with Crippen LogP contribution in [0.15, 0.2) is 47.6 Å². The number of carbonyl (C=O) groups excluding carboxylic acids is 1. The summed E-state index contributed by atoms with van der Waals surface area (Å²) < 4.78 is 32.0. The fourth-order valence-corrected chi connectivity index (χ4v) is 1.49. The Morgan fingerprint density at radius 1 is 1.14 bits per heavy atom. The van der Waals surface area contributed by atoms with Crippen molar-refractivity contribution in [1.82, 2.24) is 5.43 Å². The van der Waals surface area contributed by atoms with Gasteiger partial charge in [0.2, 0.25) is 0 Å². The van der Waals surface area contributed by atoms with E-state index in [9.17, 15) is 13.6 Å². The molecule has 0 aliphatic heterocycles. The van der Waals surface area contributed by atoms with Crippen molar-refractivity contribution in [3.8, 4) is 11.5 Å². The first-order valence-electron chi connectivity index (χ1n) is 5.86. The van der Waals surface area contributed by atoms with Crippen LogP contribution in [0, 0.1) is 11.6 Å². The third-order valence-corrected chi connectivity index (χ3v) is 2.41. The van der Waals surface area contributed by atoms with E-state index in [4.69, 9.17) is 10.5 Å². The van der Waals surface area contributed by atoms with Crippen molar-refractivity contribution in [3.05, 3.63) is 59.7 Å². The number of hydrazone groups is 1. The maximum atomic E-state index is 13.4. The van der Waals surface area contributed by atoms with Gasteiger partial charge in [-0.05, 0) is 42.0 Å². The Labute approximate surface area is 119 Å². The van der Waals surface area contributed by atoms with E-state index in [-0.39, 0.29) is 5.75 Å². The number of urea groups is 1. The molecule has 0 aliphatic carbocycles. The number of nitrogens with zero attached hydrogens (tertiary/aromatic N) is 1. The first-order chi connectivity index (χ1) is 10.1. The molecule has 0 saturated heterocycles. The number of amides is 2. The van der Waals surface area contributed by atoms with E-state index in [1.54, 1.807) is 12.1 Å². The molecule has 5 nitrogen and oxygen atoms in total. The molecule has 21 heavy (non-hydrogen) atoms. The number of rotatable bonds is 4. The highest BCUT2D eigenvalue weighted by Crippen LogP contribution is 2.27. The smallest absolute Gasteiger partial charge is 0.332 e. The number of hydrogen-bond acceptors (Lipinski definition) is 3. The van der Waals surface area contributed by atoms with Gasteiger partial charge >= 0.3 is 6.03 Å². The lowest BCUT2D eigenvalue weighted by Gasteiger charge is -2.07. The molecule has 0 fully saturated rings. The lowest BCUT2D eigenvalue weighted by atomic mass is 10.2. The van der Waals surface area contributed by atoms with Gasteiger partial charge in [-0.1, -0.05) is 6.07 Å². The normalized spacial score (nSPS) is 10.6. The van der Waals surface area contributed by atoms with Crippen LogP contribution in [0.3, 0.4) is 0 Å². The molecule has 2 amide bonds. The molecule has 108 valence electrons. The third kappa shape index (κ3) is 4.00. The number of benzene rings is 2. The molecule has 0 aromatic heterocycles. The zero-order valence-electron chi connectivity index (χ0n) is 10.7. The number of carbonyl (C=O) groups is 1. The van der Waals surface area contributed by atoms with E-state index in [0.717, 1.165) is 12.1 Å². The fourth-order valence-electron chi connectivity index (χ4n) is 1.49. The van der Waals surface area contributed by atoms with Gasteiger partial charge in [0.1, 0.15) is 5.75 Å². The van der Waals surface area contributed by atoms with Crippen LogP contribution >= 0.6 is 0 Å². The fraction of sp³-hybridized carbons (Fsp3) is 0. The summed E-state index contributed by atoms with van der Waals surface area (Å²) >= 11 is 0. The first kappa shape index (κ1) is 14.4. The van der Waals surface area contributed by atoms with Crippen molar-refractivity contribution in [2.45, 2.75) is 0 Å². The molecular weight excluding hydrogens is 280 g/mol. The van der Waals surface area contributed by atoms with Gasteiger partial charge in [0.25, 0.3) is 0 Å². The Morgan fingerprint density at radius 3 is 2.33 bits per heavy atom. The molecule has 0 unspecified atom stereocenters. The molecular formula is C14H11F2N3O2. The van der Waals surface area contributed by atoms with Crippen molar-refractivity contribution >= 4 is 12.2 Å². The number of halogens is 2. The van der Waals surface area contributed by atoms with Crippen LogP contribution in [-0.2, 0) is 0 Å². The highest BCUT2D eigenvalue weighted by atomic mass is 19.1. The molecule has 0 spiro atoms. The minimum absolute atomic E-state index is 0.263. The number of nitrogens with two attached hydrogens (primary N) is 1. The summed E-state index contributed by atoms with van der Waals surface area (Å²) in [7, 11) is 0. The maximum Gasteiger partial charge on any atom is 0.332 e. The minimum atomic E-state index is -0.786. The van der Waals surface area contributed by atoms with Gasteiger partial charge in [-0.2, -0.15) is 5.10 Å². The summed E-state index contributed by atoms with van der Waals surface area (Å²) in [6.45, 7) is 0. The monoisotopic (exact) mass is 291 g/mol. The number of hydrogen-bond donors (Lipinski definition) is 2. The largest absolute Gasteiger partial charge is 0.451 e. The number of nitrogens with one attached hydrogen (secondary N) is 1. The molecule has 0 radical (unpaired) electrons. The zero-order chi connectivity index (χ0) is 15.2. The van der Waals surface area contributed by atoms with Crippen LogP contribution in [0.5, 0.6) is 11.5 Å². The average molecular weight is 291 g/mol. The summed E-state index contributed by atoms with van der Waals surface area (Å²) in [5.74, 6) is -1.77. The molecule has 3 N–H and O–H groups in total. The van der Waals surface area contributed by atoms with E-state index < -0.39 is 23.4 Å². The molecule has 7 heteroatoms. The van der Waals surface area contributed by atoms with Crippen LogP contribution in [0.4, 0.5) is 13.6 Å². The summed E-state index contributed by atoms with van der Waals surface area (Å²) in [6, 6.07) is 8.91. The predicted octanol–water partition coefficient (Wildman–Crippen LogP) is 2.76. The highest BCUT2D eigenvalue weighted by Gasteiger charge is 2.10. The highest BCUT2D eigenvalue weighted by molar-refractivity contribution is 5.81. The number of para-hydroxylation sites is 1. The Morgan fingerprint density at radius 2 is 1.76 bits per heavy atom. The van der Waals surface area contributed by atoms with Gasteiger partial charge in [0.15, 0.2) is 17.4 Å². The molecule has 0 bridgehead atoms. The van der Waals surface area contributed by atoms with Gasteiger partial charge in [0, 0.05) is 0 Å². The number of ether oxygens (including phenoxy) is 1. The lowest BCUT2D eigenvalue weighted by Crippen LogP contribution is -2.24. The van der Waals surface area contributed by atoms with Crippen molar-refractivity contribution in [2.24, 2.45) is 10.8 Å². The molecule has 2 aromatic carbocycles. The summed E-state index contributed by atoms with van der Waals surface area (Å²) in [6.07, 6.45) is 1.36. The average Bonchev–Trinajstić information content (AvgIpc) is 2.44. The predicted molar refractivity (Wildman–Crippen MR) is 73.2 cm³/mol. The molecule has 0 saturated carbocycles. The third-order valence-electron chi connectivity index (χ3n) is 2.41. The molecule has 2 rings (SSSR count). The standard InChI is InChI=1S/C14H11F2N3O2/c15-11-2-1-3-12(16)13(11)21-10-6-4-9(5-7-10)8-18-19-14(17)20/h1-8H,(H3,17,19,20)/b18-8-. The minimum Gasteiger partial charge on any atom is -0.451 e. The van der Waals surface area contributed by atoms with Crippen molar-refractivity contribution in [3.63, 3.8) is 0 Å². The zero-order valence-corrected chi connectivity index (χ0v) is 10.7. The van der Waals surface area contributed by atoms with Gasteiger partial charge in [-0.25, -0.2) is 19.0 Å². The van der Waals surface area contributed by atoms with Crippen LogP contribution in [0.2, 0.25) is 0 Å². The summed E-state index contributed by atoms with van der Waals surface area (Å²) in [5, 5.41) is 3.57. The van der Waals surface area contributed by atoms with Gasteiger partial charge in [-0.3, -0.25) is 0 Å². The second-order valence-corrected chi connectivity index (χ2v) is 3.96. The molecule has 0 heterocycles. The van der Waals surface area contributed by atoms with E-state index in [2.05, 4.69) is 5.10 Å². The quantitative estimate of drug-likeness (QED) is 0.671. The van der Waals surface area contributed by atoms with Crippen LogP contribution < -0.4 is 15.9 Å². The van der Waals surface area contributed by atoms with Gasteiger partial charge < -0.3 is 10.5 Å². The summed E-state index contributed by atoms with van der Waals surface area (Å²) in [5.41, 5.74) is 7.53. The summed E-state index contributed by atoms with van der Waals surface area (Å²) in [4.78, 5) is 10.4. The van der Waals surface area contributed by atoms with E-state index in [1.807, 2.05) is 5.43 Å². The van der Waals surface area contributed by atoms with Gasteiger partial charge in [0.05, 0.1) is 6.21 Å². The Bertz CT molecular complexity index is 652. The van der Waals surface area contributed by atoms with Gasteiger partial charge in [-0.15, -0.1) is 0 Å². The maximum absolute atomic E-state index is 13.4. The Balaban J connectivity index is 2.09. The topological polar surface area (TPSA) is 76.7 Å². The molecule has 2 aromatic rings. The Kier molecular flexibility index (Phi) is 4.45. The lowest BCUT2D eigenvalue weighted by molar-refractivity contribution is 0.249. The van der Waals surface area contributed by atoms with E-state index in [0.29, 0.717) is 5.56 Å². The van der Waals surface area contributed by atoms with Crippen LogP contribution in [0.1, 0.15) is 5.56 Å².